The van der Waals surface area contributed by atoms with Crippen molar-refractivity contribution < 1.29 is 4.79 Å². The number of imidazole rings is 1. The molecule has 1 saturated carbocycles. The summed E-state index contributed by atoms with van der Waals surface area (Å²) in [7, 11) is 2.03. The number of nitrogen functional groups attached to an aromatic ring is 1. The van der Waals surface area contributed by atoms with Crippen molar-refractivity contribution in [1.82, 2.24) is 19.7 Å². The number of fused-ring (bicyclic) bond motifs is 1. The fraction of sp³-hybridized carbons (Fsp3) is 0.350. The van der Waals surface area contributed by atoms with Crippen LogP contribution in [0.3, 0.4) is 0 Å². The van der Waals surface area contributed by atoms with Gasteiger partial charge in [-0.25, -0.2) is 9.97 Å². The van der Waals surface area contributed by atoms with Gasteiger partial charge in [0.25, 0.3) is 0 Å². The number of rotatable bonds is 4. The van der Waals surface area contributed by atoms with Gasteiger partial charge in [-0.15, -0.1) is 0 Å². The predicted molar refractivity (Wildman–Crippen MR) is 102 cm³/mol. The molecule has 0 radical (unpaired) electrons. The van der Waals surface area contributed by atoms with Crippen LogP contribution >= 0.6 is 0 Å². The van der Waals surface area contributed by atoms with E-state index in [9.17, 15) is 4.79 Å². The first-order valence-corrected chi connectivity index (χ1v) is 9.06. The quantitative estimate of drug-likeness (QED) is 0.707. The minimum atomic E-state index is 0.387. The van der Waals surface area contributed by atoms with Crippen LogP contribution in [0, 0.1) is 0 Å². The van der Waals surface area contributed by atoms with Crippen molar-refractivity contribution in [1.29, 1.82) is 0 Å². The maximum Gasteiger partial charge on any atom is 0.150 e. The monoisotopic (exact) mass is 349 g/mol. The molecule has 2 aromatic heterocycles. The van der Waals surface area contributed by atoms with Gasteiger partial charge in [0.05, 0.1) is 0 Å². The van der Waals surface area contributed by atoms with Crippen LogP contribution in [0.1, 0.15) is 47.8 Å². The predicted octanol–water partition coefficient (Wildman–Crippen LogP) is 3.04. The fourth-order valence-electron chi connectivity index (χ4n) is 3.98. The third-order valence-corrected chi connectivity index (χ3v) is 5.38. The Morgan fingerprint density at radius 1 is 1.27 bits per heavy atom. The average Bonchev–Trinajstić information content (AvgIpc) is 3.09. The molecule has 1 fully saturated rings. The molecule has 26 heavy (non-hydrogen) atoms. The maximum absolute atomic E-state index is 10.9. The second kappa shape index (κ2) is 6.88. The number of hydrogen-bond donors (Lipinski definition) is 2. The molecule has 2 heterocycles. The molecule has 1 aliphatic rings. The van der Waals surface area contributed by atoms with Crippen molar-refractivity contribution in [3.05, 3.63) is 48.0 Å². The molecule has 0 spiro atoms. The highest BCUT2D eigenvalue weighted by Crippen LogP contribution is 2.36. The highest BCUT2D eigenvalue weighted by Gasteiger charge is 2.27. The van der Waals surface area contributed by atoms with Gasteiger partial charge in [-0.05, 0) is 26.3 Å². The van der Waals surface area contributed by atoms with Gasteiger partial charge in [0.15, 0.2) is 0 Å². The lowest BCUT2D eigenvalue weighted by Crippen LogP contribution is -2.31. The third-order valence-electron chi connectivity index (χ3n) is 5.38. The van der Waals surface area contributed by atoms with Crippen molar-refractivity contribution in [3.63, 3.8) is 0 Å². The van der Waals surface area contributed by atoms with Gasteiger partial charge in [0.2, 0.25) is 0 Å². The molecule has 6 heteroatoms. The van der Waals surface area contributed by atoms with E-state index >= 15 is 0 Å². The fourth-order valence-corrected chi connectivity index (χ4v) is 3.98. The highest BCUT2D eigenvalue weighted by atomic mass is 16.1. The number of anilines is 1. The normalized spacial score (nSPS) is 20.3. The van der Waals surface area contributed by atoms with Gasteiger partial charge in [0.1, 0.15) is 29.1 Å². The molecular formula is C20H23N5O. The molecule has 0 saturated heterocycles. The number of nitrogens with zero attached hydrogens (tertiary/aromatic N) is 3. The Labute approximate surface area is 152 Å². The zero-order valence-electron chi connectivity index (χ0n) is 14.9. The summed E-state index contributed by atoms with van der Waals surface area (Å²) in [5.74, 6) is 1.91. The zero-order chi connectivity index (χ0) is 18.1. The zero-order valence-corrected chi connectivity index (χ0v) is 14.9. The summed E-state index contributed by atoms with van der Waals surface area (Å²) in [6.07, 6.45) is 9.11. The van der Waals surface area contributed by atoms with Crippen LogP contribution in [0.25, 0.3) is 16.8 Å². The first kappa shape index (κ1) is 16.7. The van der Waals surface area contributed by atoms with E-state index in [0.717, 1.165) is 41.7 Å². The van der Waals surface area contributed by atoms with Gasteiger partial charge < -0.3 is 11.1 Å². The molecule has 3 N–H and O–H groups in total. The van der Waals surface area contributed by atoms with Crippen molar-refractivity contribution in [3.8, 4) is 11.3 Å². The highest BCUT2D eigenvalue weighted by molar-refractivity contribution is 5.86. The van der Waals surface area contributed by atoms with Crippen LogP contribution < -0.4 is 11.1 Å². The molecule has 0 amide bonds. The Bertz CT molecular complexity index is 931. The number of hydrogen-bond acceptors (Lipinski definition) is 5. The van der Waals surface area contributed by atoms with Gasteiger partial charge in [-0.3, -0.25) is 9.20 Å². The van der Waals surface area contributed by atoms with Crippen LogP contribution in [0.2, 0.25) is 0 Å². The van der Waals surface area contributed by atoms with E-state index in [-0.39, 0.29) is 0 Å². The standard InChI is InChI=1S/C20H23N5O/c1-22-16-4-2-3-15(11-16)20-24-17(14-7-5-13(12-26)6-8-14)18-19(21)23-9-10-25(18)20/h5-10,12,15-16,22H,2-4,11H2,1H3,(H2,21,23). The summed E-state index contributed by atoms with van der Waals surface area (Å²) in [6, 6.07) is 7.96. The largest absolute Gasteiger partial charge is 0.382 e. The number of carbonyl (C=O) groups is 1. The first-order chi connectivity index (χ1) is 12.7. The Balaban J connectivity index is 1.84. The number of benzene rings is 1. The van der Waals surface area contributed by atoms with Crippen LogP contribution in [0.15, 0.2) is 36.7 Å². The Kier molecular flexibility index (Phi) is 4.42. The van der Waals surface area contributed by atoms with Crippen molar-refractivity contribution in [2.75, 3.05) is 12.8 Å². The summed E-state index contributed by atoms with van der Waals surface area (Å²) in [5.41, 5.74) is 9.47. The number of carbonyl (C=O) groups excluding carboxylic acids is 1. The summed E-state index contributed by atoms with van der Waals surface area (Å²) >= 11 is 0. The topological polar surface area (TPSA) is 85.3 Å². The van der Waals surface area contributed by atoms with Gasteiger partial charge in [0, 0.05) is 35.5 Å². The molecule has 4 rings (SSSR count). The van der Waals surface area contributed by atoms with E-state index in [0.29, 0.717) is 23.3 Å². The van der Waals surface area contributed by atoms with E-state index in [2.05, 4.69) is 14.7 Å². The average molecular weight is 349 g/mol. The molecule has 2 atom stereocenters. The van der Waals surface area contributed by atoms with E-state index < -0.39 is 0 Å². The molecule has 0 bridgehead atoms. The Morgan fingerprint density at radius 3 is 2.81 bits per heavy atom. The van der Waals surface area contributed by atoms with Gasteiger partial charge in [-0.1, -0.05) is 30.7 Å². The molecule has 0 aliphatic heterocycles. The first-order valence-electron chi connectivity index (χ1n) is 9.06. The van der Waals surface area contributed by atoms with E-state index in [1.54, 1.807) is 18.3 Å². The van der Waals surface area contributed by atoms with Crippen molar-refractivity contribution >= 4 is 17.6 Å². The second-order valence-corrected chi connectivity index (χ2v) is 6.94. The molecule has 1 aliphatic carbocycles. The van der Waals surface area contributed by atoms with Crippen molar-refractivity contribution in [2.45, 2.75) is 37.6 Å². The number of nitrogens with one attached hydrogen (secondary N) is 1. The summed E-state index contributed by atoms with van der Waals surface area (Å²) in [5, 5.41) is 3.41. The van der Waals surface area contributed by atoms with Crippen LogP contribution in [0.5, 0.6) is 0 Å². The molecule has 2 unspecified atom stereocenters. The second-order valence-electron chi connectivity index (χ2n) is 6.94. The van der Waals surface area contributed by atoms with Crippen LogP contribution in [0.4, 0.5) is 5.82 Å². The summed E-state index contributed by atoms with van der Waals surface area (Å²) in [4.78, 5) is 20.2. The minimum Gasteiger partial charge on any atom is -0.382 e. The molecule has 3 aromatic rings. The lowest BCUT2D eigenvalue weighted by Gasteiger charge is -2.28. The van der Waals surface area contributed by atoms with E-state index in [1.165, 1.54) is 12.8 Å². The number of aldehydes is 1. The maximum atomic E-state index is 10.9. The van der Waals surface area contributed by atoms with Crippen LogP contribution in [-0.2, 0) is 0 Å². The molecule has 1 aromatic carbocycles. The minimum absolute atomic E-state index is 0.387. The van der Waals surface area contributed by atoms with Gasteiger partial charge in [-0.2, -0.15) is 0 Å². The summed E-state index contributed by atoms with van der Waals surface area (Å²) < 4.78 is 2.09. The number of nitrogens with two attached hydrogens (primary N) is 1. The third kappa shape index (κ3) is 2.86. The SMILES string of the molecule is CNC1CCCC(c2nc(-c3ccc(C=O)cc3)c3c(N)nccn23)C1. The molecule has 134 valence electrons. The molecular weight excluding hydrogens is 326 g/mol. The molecule has 6 nitrogen and oxygen atoms in total. The van der Waals surface area contributed by atoms with Crippen molar-refractivity contribution in [2.24, 2.45) is 0 Å². The Hall–Kier alpha value is -2.73. The van der Waals surface area contributed by atoms with E-state index in [4.69, 9.17) is 10.7 Å². The van der Waals surface area contributed by atoms with Crippen LogP contribution in [-0.4, -0.2) is 33.7 Å². The Morgan fingerprint density at radius 2 is 2.08 bits per heavy atom. The summed E-state index contributed by atoms with van der Waals surface area (Å²) in [6.45, 7) is 0. The lowest BCUT2D eigenvalue weighted by molar-refractivity contribution is 0.112. The number of aromatic nitrogens is 3. The van der Waals surface area contributed by atoms with Gasteiger partial charge >= 0.3 is 0 Å². The smallest absolute Gasteiger partial charge is 0.150 e. The lowest BCUT2D eigenvalue weighted by atomic mass is 9.85. The van der Waals surface area contributed by atoms with E-state index in [1.807, 2.05) is 25.4 Å².